The zero-order valence-electron chi connectivity index (χ0n) is 16.8. The van der Waals surface area contributed by atoms with Gasteiger partial charge in [0.2, 0.25) is 16.2 Å². The summed E-state index contributed by atoms with van der Waals surface area (Å²) in [7, 11) is 0. The molecule has 2 aromatic heterocycles. The lowest BCUT2D eigenvalue weighted by Crippen LogP contribution is -2.14. The molecular weight excluding hydrogens is 448 g/mol. The maximum atomic E-state index is 12.4. The highest BCUT2D eigenvalue weighted by molar-refractivity contribution is 8.01. The van der Waals surface area contributed by atoms with E-state index in [2.05, 4.69) is 32.5 Å². The molecular formula is C21H20N6OS3. The van der Waals surface area contributed by atoms with Gasteiger partial charge in [-0.1, -0.05) is 90.3 Å². The number of nitrogens with zero attached hydrogens (tertiary/aromatic N) is 5. The van der Waals surface area contributed by atoms with E-state index in [1.807, 2.05) is 60.7 Å². The van der Waals surface area contributed by atoms with Gasteiger partial charge < -0.3 is 0 Å². The highest BCUT2D eigenvalue weighted by atomic mass is 32.2. The van der Waals surface area contributed by atoms with Gasteiger partial charge in [-0.05, 0) is 18.6 Å². The summed E-state index contributed by atoms with van der Waals surface area (Å²) in [6, 6.07) is 19.7. The van der Waals surface area contributed by atoms with Crippen LogP contribution in [0.1, 0.15) is 13.3 Å². The fraction of sp³-hybridized carbons (Fsp3) is 0.190. The lowest BCUT2D eigenvalue weighted by atomic mass is 10.2. The summed E-state index contributed by atoms with van der Waals surface area (Å²) in [4.78, 5) is 17.1. The van der Waals surface area contributed by atoms with Gasteiger partial charge in [0, 0.05) is 11.3 Å². The van der Waals surface area contributed by atoms with Crippen molar-refractivity contribution >= 4 is 45.9 Å². The second kappa shape index (κ2) is 10.6. The van der Waals surface area contributed by atoms with Crippen LogP contribution in [-0.2, 0) is 4.79 Å². The van der Waals surface area contributed by atoms with Gasteiger partial charge in [0.1, 0.15) is 0 Å². The second-order valence-corrected chi connectivity index (χ2v) is 9.65. The van der Waals surface area contributed by atoms with Crippen molar-refractivity contribution in [3.8, 4) is 17.1 Å². The van der Waals surface area contributed by atoms with Crippen molar-refractivity contribution in [3.63, 3.8) is 0 Å². The summed E-state index contributed by atoms with van der Waals surface area (Å²) in [5.74, 6) is 1.74. The minimum absolute atomic E-state index is 0.162. The minimum atomic E-state index is -0.162. The molecule has 4 aromatic rings. The first-order chi connectivity index (χ1) is 15.2. The summed E-state index contributed by atoms with van der Waals surface area (Å²) < 4.78 is 2.66. The molecule has 0 unspecified atom stereocenters. The Balaban J connectivity index is 1.45. The summed E-state index contributed by atoms with van der Waals surface area (Å²) in [6.07, 6.45) is 1.07. The maximum absolute atomic E-state index is 12.4. The second-order valence-electron chi connectivity index (χ2n) is 6.39. The maximum Gasteiger partial charge on any atom is 0.236 e. The van der Waals surface area contributed by atoms with Crippen molar-refractivity contribution in [2.45, 2.75) is 22.8 Å². The molecule has 0 bridgehead atoms. The molecule has 158 valence electrons. The number of rotatable bonds is 9. The highest BCUT2D eigenvalue weighted by Crippen LogP contribution is 2.27. The normalized spacial score (nSPS) is 10.9. The predicted octanol–water partition coefficient (Wildman–Crippen LogP) is 5.02. The van der Waals surface area contributed by atoms with E-state index >= 15 is 0 Å². The van der Waals surface area contributed by atoms with Gasteiger partial charge in [0.25, 0.3) is 0 Å². The molecule has 10 heteroatoms. The average Bonchev–Trinajstić information content (AvgIpc) is 3.44. The van der Waals surface area contributed by atoms with E-state index in [1.165, 1.54) is 23.1 Å². The van der Waals surface area contributed by atoms with Crippen LogP contribution in [0, 0.1) is 0 Å². The van der Waals surface area contributed by atoms with Crippen LogP contribution in [0.2, 0.25) is 0 Å². The van der Waals surface area contributed by atoms with Crippen LogP contribution in [0.3, 0.4) is 0 Å². The molecule has 0 saturated heterocycles. The molecule has 0 radical (unpaired) electrons. The van der Waals surface area contributed by atoms with Crippen LogP contribution in [0.15, 0.2) is 70.2 Å². The first-order valence-electron chi connectivity index (χ1n) is 9.70. The van der Waals surface area contributed by atoms with Crippen molar-refractivity contribution in [2.75, 3.05) is 16.8 Å². The Bertz CT molecular complexity index is 1070. The van der Waals surface area contributed by atoms with Crippen LogP contribution >= 0.6 is 34.9 Å². The Morgan fingerprint density at radius 3 is 2.52 bits per heavy atom. The third-order valence-corrected chi connectivity index (χ3v) is 7.05. The highest BCUT2D eigenvalue weighted by Gasteiger charge is 2.16. The number of aromatic nitrogens is 5. The minimum Gasteiger partial charge on any atom is -0.300 e. The first kappa shape index (κ1) is 21.5. The molecule has 31 heavy (non-hydrogen) atoms. The fourth-order valence-corrected chi connectivity index (χ4v) is 4.99. The van der Waals surface area contributed by atoms with E-state index in [-0.39, 0.29) is 11.7 Å². The molecule has 0 aliphatic carbocycles. The molecule has 2 aromatic carbocycles. The Morgan fingerprint density at radius 1 is 1.03 bits per heavy atom. The van der Waals surface area contributed by atoms with Gasteiger partial charge in [-0.15, -0.1) is 15.3 Å². The Hall–Kier alpha value is -2.69. The number of para-hydroxylation sites is 1. The molecule has 0 aliphatic rings. The summed E-state index contributed by atoms with van der Waals surface area (Å²) in [5.41, 5.74) is 1.87. The molecule has 0 atom stereocenters. The molecule has 2 heterocycles. The zero-order chi connectivity index (χ0) is 21.5. The average molecular weight is 469 g/mol. The standard InChI is InChI=1S/C21H20N6OS3/c1-2-13-29-21-25-24-19(31-21)22-17(28)14-30-20-23-18(15-9-5-3-6-10-15)27(26-20)16-11-7-4-8-12-16/h3-12H,2,13-14H2,1H3,(H,22,24,28). The summed E-state index contributed by atoms with van der Waals surface area (Å²) >= 11 is 4.32. The van der Waals surface area contributed by atoms with Crippen molar-refractivity contribution < 1.29 is 4.79 Å². The van der Waals surface area contributed by atoms with E-state index in [9.17, 15) is 4.79 Å². The quantitative estimate of drug-likeness (QED) is 0.273. The summed E-state index contributed by atoms with van der Waals surface area (Å²) in [6.45, 7) is 2.12. The molecule has 0 spiro atoms. The lowest BCUT2D eigenvalue weighted by molar-refractivity contribution is -0.113. The fourth-order valence-electron chi connectivity index (χ4n) is 2.67. The van der Waals surface area contributed by atoms with Gasteiger partial charge >= 0.3 is 0 Å². The summed E-state index contributed by atoms with van der Waals surface area (Å²) in [5, 5.41) is 16.6. The Kier molecular flexibility index (Phi) is 7.34. The third kappa shape index (κ3) is 5.72. The molecule has 0 aliphatic heterocycles. The van der Waals surface area contributed by atoms with Crippen LogP contribution in [0.4, 0.5) is 5.13 Å². The Morgan fingerprint density at radius 2 is 1.77 bits per heavy atom. The largest absolute Gasteiger partial charge is 0.300 e. The van der Waals surface area contributed by atoms with Crippen LogP contribution in [-0.4, -0.2) is 42.4 Å². The van der Waals surface area contributed by atoms with E-state index < -0.39 is 0 Å². The van der Waals surface area contributed by atoms with Crippen LogP contribution in [0.25, 0.3) is 17.1 Å². The number of hydrogen-bond acceptors (Lipinski definition) is 8. The molecule has 1 amide bonds. The number of carbonyl (C=O) groups is 1. The number of amides is 1. The topological polar surface area (TPSA) is 85.6 Å². The molecule has 4 rings (SSSR count). The SMILES string of the molecule is CCCSc1nnc(NC(=O)CSc2nc(-c3ccccc3)n(-c3ccccc3)n2)s1. The number of anilines is 1. The number of benzene rings is 2. The number of hydrogen-bond donors (Lipinski definition) is 1. The molecule has 0 saturated carbocycles. The van der Waals surface area contributed by atoms with Gasteiger partial charge in [0.15, 0.2) is 10.2 Å². The van der Waals surface area contributed by atoms with Crippen molar-refractivity contribution in [1.82, 2.24) is 25.0 Å². The van der Waals surface area contributed by atoms with E-state index in [1.54, 1.807) is 16.4 Å². The van der Waals surface area contributed by atoms with E-state index in [4.69, 9.17) is 0 Å². The van der Waals surface area contributed by atoms with Gasteiger partial charge in [-0.25, -0.2) is 9.67 Å². The van der Waals surface area contributed by atoms with Gasteiger partial charge in [0.05, 0.1) is 11.4 Å². The monoisotopic (exact) mass is 468 g/mol. The molecule has 7 nitrogen and oxygen atoms in total. The number of thioether (sulfide) groups is 2. The van der Waals surface area contributed by atoms with Crippen LogP contribution in [0.5, 0.6) is 0 Å². The molecule has 1 N–H and O–H groups in total. The Labute approximate surface area is 192 Å². The van der Waals surface area contributed by atoms with Crippen LogP contribution < -0.4 is 5.32 Å². The van der Waals surface area contributed by atoms with Crippen molar-refractivity contribution in [3.05, 3.63) is 60.7 Å². The number of carbonyl (C=O) groups excluding carboxylic acids is 1. The van der Waals surface area contributed by atoms with E-state index in [0.717, 1.165) is 33.6 Å². The predicted molar refractivity (Wildman–Crippen MR) is 127 cm³/mol. The molecule has 0 fully saturated rings. The van der Waals surface area contributed by atoms with Gasteiger partial charge in [-0.2, -0.15) is 0 Å². The first-order valence-corrected chi connectivity index (χ1v) is 12.5. The van der Waals surface area contributed by atoms with Crippen molar-refractivity contribution in [1.29, 1.82) is 0 Å². The third-order valence-electron chi connectivity index (χ3n) is 4.04. The lowest BCUT2D eigenvalue weighted by Gasteiger charge is -2.05. The number of nitrogens with one attached hydrogen (secondary N) is 1. The van der Waals surface area contributed by atoms with Gasteiger partial charge in [-0.3, -0.25) is 10.1 Å². The zero-order valence-corrected chi connectivity index (χ0v) is 19.2. The smallest absolute Gasteiger partial charge is 0.236 e. The van der Waals surface area contributed by atoms with E-state index in [0.29, 0.717) is 10.3 Å². The van der Waals surface area contributed by atoms with Crippen molar-refractivity contribution in [2.24, 2.45) is 0 Å².